The van der Waals surface area contributed by atoms with E-state index >= 15 is 0 Å². The maximum absolute atomic E-state index is 13.1. The third-order valence-electron chi connectivity index (χ3n) is 2.90. The van der Waals surface area contributed by atoms with Crippen molar-refractivity contribution in [3.05, 3.63) is 35.4 Å². The number of alkyl halides is 2. The Hall–Kier alpha value is -1.00. The van der Waals surface area contributed by atoms with E-state index in [4.69, 9.17) is 4.74 Å². The predicted octanol–water partition coefficient (Wildman–Crippen LogP) is 1.90. The highest BCUT2D eigenvalue weighted by molar-refractivity contribution is 5.35. The molecule has 0 saturated heterocycles. The van der Waals surface area contributed by atoms with Gasteiger partial charge in [0.15, 0.2) is 0 Å². The molecule has 0 aromatic heterocycles. The van der Waals surface area contributed by atoms with E-state index in [0.29, 0.717) is 12.2 Å². The summed E-state index contributed by atoms with van der Waals surface area (Å²) in [6, 6.07) is 7.17. The minimum absolute atomic E-state index is 0.0121. The summed E-state index contributed by atoms with van der Waals surface area (Å²) in [7, 11) is 1.54. The second-order valence-corrected chi connectivity index (χ2v) is 3.67. The Morgan fingerprint density at radius 2 is 2.13 bits per heavy atom. The number of halogens is 2. The number of hydrogen-bond acceptors (Lipinski definition) is 2. The number of rotatable bonds is 2. The topological polar surface area (TPSA) is 21.3 Å². The van der Waals surface area contributed by atoms with Gasteiger partial charge < -0.3 is 10.1 Å². The Morgan fingerprint density at radius 1 is 1.40 bits per heavy atom. The lowest BCUT2D eigenvalue weighted by atomic mass is 9.86. The van der Waals surface area contributed by atoms with Crippen LogP contribution >= 0.6 is 0 Å². The van der Waals surface area contributed by atoms with Crippen LogP contribution in [0.2, 0.25) is 0 Å². The first kappa shape index (κ1) is 10.5. The fourth-order valence-electron chi connectivity index (χ4n) is 1.98. The zero-order chi connectivity index (χ0) is 10.9. The molecule has 2 rings (SSSR count). The second kappa shape index (κ2) is 3.87. The van der Waals surface area contributed by atoms with E-state index in [1.54, 1.807) is 12.1 Å². The summed E-state index contributed by atoms with van der Waals surface area (Å²) >= 11 is 0. The van der Waals surface area contributed by atoms with E-state index in [1.807, 2.05) is 12.1 Å². The molecule has 0 aliphatic carbocycles. The summed E-state index contributed by atoms with van der Waals surface area (Å²) in [6.07, 6.45) is -2.48. The molecule has 0 radical (unpaired) electrons. The maximum atomic E-state index is 13.1. The van der Waals surface area contributed by atoms with Gasteiger partial charge in [-0.05, 0) is 18.2 Å². The van der Waals surface area contributed by atoms with Gasteiger partial charge in [0.05, 0.1) is 13.2 Å². The van der Waals surface area contributed by atoms with Crippen molar-refractivity contribution in [3.63, 3.8) is 0 Å². The fraction of sp³-hybridized carbons (Fsp3) is 0.455. The highest BCUT2D eigenvalue weighted by Crippen LogP contribution is 2.34. The summed E-state index contributed by atoms with van der Waals surface area (Å²) < 4.78 is 31.4. The van der Waals surface area contributed by atoms with Crippen molar-refractivity contribution in [3.8, 4) is 0 Å². The van der Waals surface area contributed by atoms with Crippen molar-refractivity contribution in [1.29, 1.82) is 0 Å². The van der Waals surface area contributed by atoms with E-state index < -0.39 is 12.0 Å². The molecular formula is C11H13F2NO. The van der Waals surface area contributed by atoms with E-state index in [1.165, 1.54) is 7.05 Å². The average Bonchev–Trinajstić information content (AvgIpc) is 2.28. The SMILES string of the molecule is CNC1(C(F)F)COCc2ccccc21. The molecule has 1 aromatic rings. The molecule has 0 bridgehead atoms. The molecule has 1 heterocycles. The molecule has 4 heteroatoms. The van der Waals surface area contributed by atoms with Crippen LogP contribution in [0, 0.1) is 0 Å². The van der Waals surface area contributed by atoms with Crippen molar-refractivity contribution < 1.29 is 13.5 Å². The van der Waals surface area contributed by atoms with Gasteiger partial charge in [0.25, 0.3) is 6.43 Å². The molecule has 2 nitrogen and oxygen atoms in total. The standard InChI is InChI=1S/C11H13F2NO/c1-14-11(10(12)13)7-15-6-8-4-2-3-5-9(8)11/h2-5,10,14H,6-7H2,1H3. The number of likely N-dealkylation sites (N-methyl/N-ethyl adjacent to an activating group) is 1. The summed E-state index contributed by atoms with van der Waals surface area (Å²) in [6.45, 7) is 0.421. The average molecular weight is 213 g/mol. The molecule has 82 valence electrons. The van der Waals surface area contributed by atoms with Gasteiger partial charge in [-0.2, -0.15) is 0 Å². The molecule has 1 atom stereocenters. The Balaban J connectivity index is 2.52. The summed E-state index contributed by atoms with van der Waals surface area (Å²) in [5.41, 5.74) is 0.127. The zero-order valence-electron chi connectivity index (χ0n) is 8.47. The van der Waals surface area contributed by atoms with E-state index in [9.17, 15) is 8.78 Å². The number of hydrogen-bond donors (Lipinski definition) is 1. The Kier molecular flexibility index (Phi) is 2.71. The van der Waals surface area contributed by atoms with Crippen LogP contribution in [0.1, 0.15) is 11.1 Å². The monoisotopic (exact) mass is 213 g/mol. The van der Waals surface area contributed by atoms with Gasteiger partial charge in [-0.1, -0.05) is 24.3 Å². The molecule has 15 heavy (non-hydrogen) atoms. The lowest BCUT2D eigenvalue weighted by molar-refractivity contribution is -0.0494. The van der Waals surface area contributed by atoms with Crippen LogP contribution in [0.4, 0.5) is 8.78 Å². The molecule has 1 aliphatic rings. The van der Waals surface area contributed by atoms with Gasteiger partial charge in [-0.25, -0.2) is 8.78 Å². The first-order valence-corrected chi connectivity index (χ1v) is 4.84. The Bertz CT molecular complexity index is 356. The highest BCUT2D eigenvalue weighted by Gasteiger charge is 2.44. The highest BCUT2D eigenvalue weighted by atomic mass is 19.3. The summed E-state index contributed by atoms with van der Waals surface area (Å²) in [5.74, 6) is 0. The molecule has 1 N–H and O–H groups in total. The lowest BCUT2D eigenvalue weighted by Gasteiger charge is -2.37. The maximum Gasteiger partial charge on any atom is 0.262 e. The first-order valence-electron chi connectivity index (χ1n) is 4.84. The first-order chi connectivity index (χ1) is 7.20. The minimum atomic E-state index is -2.48. The van der Waals surface area contributed by atoms with Crippen LogP contribution in [-0.2, 0) is 16.9 Å². The largest absolute Gasteiger partial charge is 0.374 e. The van der Waals surface area contributed by atoms with Crippen LogP contribution in [0.15, 0.2) is 24.3 Å². The fourth-order valence-corrected chi connectivity index (χ4v) is 1.98. The van der Waals surface area contributed by atoms with Crippen molar-refractivity contribution in [2.24, 2.45) is 0 Å². The predicted molar refractivity (Wildman–Crippen MR) is 52.8 cm³/mol. The zero-order valence-corrected chi connectivity index (χ0v) is 8.47. The van der Waals surface area contributed by atoms with Gasteiger partial charge in [0, 0.05) is 0 Å². The molecule has 0 amide bonds. The third kappa shape index (κ3) is 1.54. The van der Waals surface area contributed by atoms with Crippen molar-refractivity contribution in [2.75, 3.05) is 13.7 Å². The van der Waals surface area contributed by atoms with Crippen LogP contribution in [-0.4, -0.2) is 20.1 Å². The van der Waals surface area contributed by atoms with Gasteiger partial charge in [-0.3, -0.25) is 0 Å². The van der Waals surface area contributed by atoms with Crippen molar-refractivity contribution in [1.82, 2.24) is 5.32 Å². The Morgan fingerprint density at radius 3 is 2.80 bits per heavy atom. The number of ether oxygens (including phenoxy) is 1. The van der Waals surface area contributed by atoms with Gasteiger partial charge in [0.2, 0.25) is 0 Å². The summed E-state index contributed by atoms with van der Waals surface area (Å²) in [5, 5.41) is 2.70. The number of nitrogens with one attached hydrogen (secondary N) is 1. The summed E-state index contributed by atoms with van der Waals surface area (Å²) in [4.78, 5) is 0. The second-order valence-electron chi connectivity index (χ2n) is 3.67. The molecule has 1 aliphatic heterocycles. The molecule has 1 aromatic carbocycles. The molecular weight excluding hydrogens is 200 g/mol. The van der Waals surface area contributed by atoms with E-state index in [0.717, 1.165) is 5.56 Å². The van der Waals surface area contributed by atoms with Gasteiger partial charge in [-0.15, -0.1) is 0 Å². The van der Waals surface area contributed by atoms with Crippen molar-refractivity contribution >= 4 is 0 Å². The number of fused-ring (bicyclic) bond motifs is 1. The van der Waals surface area contributed by atoms with Crippen LogP contribution in [0.25, 0.3) is 0 Å². The lowest BCUT2D eigenvalue weighted by Crippen LogP contribution is -2.52. The number of benzene rings is 1. The van der Waals surface area contributed by atoms with Gasteiger partial charge >= 0.3 is 0 Å². The van der Waals surface area contributed by atoms with E-state index in [2.05, 4.69) is 5.32 Å². The normalized spacial score (nSPS) is 25.3. The van der Waals surface area contributed by atoms with Crippen LogP contribution < -0.4 is 5.32 Å². The van der Waals surface area contributed by atoms with Crippen LogP contribution in [0.3, 0.4) is 0 Å². The van der Waals surface area contributed by atoms with Crippen molar-refractivity contribution in [2.45, 2.75) is 18.6 Å². The quantitative estimate of drug-likeness (QED) is 0.810. The third-order valence-corrected chi connectivity index (χ3v) is 2.90. The molecule has 0 spiro atoms. The van der Waals surface area contributed by atoms with Gasteiger partial charge in [0.1, 0.15) is 5.54 Å². The van der Waals surface area contributed by atoms with E-state index in [-0.39, 0.29) is 6.61 Å². The minimum Gasteiger partial charge on any atom is -0.374 e. The molecule has 0 fully saturated rings. The molecule has 1 unspecified atom stereocenters. The molecule has 0 saturated carbocycles. The van der Waals surface area contributed by atoms with Crippen LogP contribution in [0.5, 0.6) is 0 Å². The Labute approximate surface area is 87.2 Å². The smallest absolute Gasteiger partial charge is 0.262 e.